The van der Waals surface area contributed by atoms with Crippen LogP contribution in [0, 0.1) is 18.6 Å². The van der Waals surface area contributed by atoms with E-state index in [1.54, 1.807) is 13.0 Å². The summed E-state index contributed by atoms with van der Waals surface area (Å²) in [6.45, 7) is 1.23. The summed E-state index contributed by atoms with van der Waals surface area (Å²) in [5.41, 5.74) is -1.11. The van der Waals surface area contributed by atoms with Crippen LogP contribution in [-0.2, 0) is 16.9 Å². The molecular weight excluding hydrogens is 426 g/mol. The summed E-state index contributed by atoms with van der Waals surface area (Å²) in [4.78, 5) is 43.1. The Morgan fingerprint density at radius 1 is 1.28 bits per heavy atom. The van der Waals surface area contributed by atoms with E-state index in [-0.39, 0.29) is 41.1 Å². The van der Waals surface area contributed by atoms with E-state index in [1.807, 2.05) is 0 Å². The Morgan fingerprint density at radius 2 is 2.06 bits per heavy atom. The third-order valence-electron chi connectivity index (χ3n) is 5.75. The van der Waals surface area contributed by atoms with Crippen LogP contribution in [0.5, 0.6) is 5.75 Å². The molecule has 0 radical (unpaired) electrons. The monoisotopic (exact) mass is 442 g/mol. The van der Waals surface area contributed by atoms with Gasteiger partial charge in [0.2, 0.25) is 0 Å². The molecule has 3 aromatic rings. The van der Waals surface area contributed by atoms with Crippen molar-refractivity contribution >= 4 is 28.8 Å². The number of nitrogens with zero attached hydrogens (tertiary/aromatic N) is 2. The number of halogens is 2. The van der Waals surface area contributed by atoms with Crippen LogP contribution in [-0.4, -0.2) is 41.4 Å². The van der Waals surface area contributed by atoms with Gasteiger partial charge in [0.05, 0.1) is 36.5 Å². The lowest BCUT2D eigenvalue weighted by Gasteiger charge is -2.29. The van der Waals surface area contributed by atoms with Crippen LogP contribution < -0.4 is 15.4 Å². The van der Waals surface area contributed by atoms with Gasteiger partial charge >= 0.3 is 6.03 Å². The summed E-state index contributed by atoms with van der Waals surface area (Å²) in [5, 5.41) is 4.70. The van der Waals surface area contributed by atoms with Gasteiger partial charge in [-0.3, -0.25) is 19.9 Å². The minimum atomic E-state index is -1.84. The van der Waals surface area contributed by atoms with Gasteiger partial charge in [0.15, 0.2) is 28.5 Å². The Balaban J connectivity index is 1.59. The van der Waals surface area contributed by atoms with Crippen molar-refractivity contribution in [2.45, 2.75) is 19.0 Å². The summed E-state index contributed by atoms with van der Waals surface area (Å²) in [7, 11) is 1.28. The van der Waals surface area contributed by atoms with E-state index in [0.29, 0.717) is 11.3 Å². The average Bonchev–Trinajstić information content (AvgIpc) is 3.41. The molecule has 1 aromatic carbocycles. The molecule has 1 atom stereocenters. The second kappa shape index (κ2) is 6.74. The van der Waals surface area contributed by atoms with E-state index >= 15 is 0 Å². The largest absolute Gasteiger partial charge is 0.494 e. The third-order valence-corrected chi connectivity index (χ3v) is 5.75. The molecule has 164 valence electrons. The highest BCUT2D eigenvalue weighted by molar-refractivity contribution is 6.08. The second-order valence-corrected chi connectivity index (χ2v) is 7.64. The number of nitrogens with one attached hydrogen (secondary N) is 2. The molecule has 9 nitrogen and oxygen atoms in total. The van der Waals surface area contributed by atoms with Crippen molar-refractivity contribution in [3.05, 3.63) is 58.6 Å². The molecule has 0 spiro atoms. The molecule has 2 aliphatic heterocycles. The highest BCUT2D eigenvalue weighted by Crippen LogP contribution is 2.37. The third kappa shape index (κ3) is 2.67. The van der Waals surface area contributed by atoms with Gasteiger partial charge in [0.25, 0.3) is 11.8 Å². The van der Waals surface area contributed by atoms with Crippen molar-refractivity contribution in [1.82, 2.24) is 20.5 Å². The normalized spacial score (nSPS) is 20.0. The standard InChI is InChI=1S/C21H16F2N4O5/c1-9-17-11(12(22)6-24-9)5-14(32-17)21(19(29)25-20(30)26-21)8-27-7-10-3-4-13(31-2)16(23)15(10)18(27)28/h3-6H,7-8H2,1-2H3,(H2,25,26,29,30)/t21-/m0/s1. The number of benzene rings is 1. The van der Waals surface area contributed by atoms with Crippen molar-refractivity contribution in [1.29, 1.82) is 0 Å². The first-order chi connectivity index (χ1) is 15.2. The number of methoxy groups -OCH3 is 1. The molecule has 0 aliphatic carbocycles. The molecular formula is C21H16F2N4O5. The number of hydrogen-bond acceptors (Lipinski definition) is 6. The molecule has 4 heterocycles. The first kappa shape index (κ1) is 19.9. The van der Waals surface area contributed by atoms with Gasteiger partial charge in [0.1, 0.15) is 5.76 Å². The predicted molar refractivity (Wildman–Crippen MR) is 105 cm³/mol. The van der Waals surface area contributed by atoms with E-state index in [9.17, 15) is 23.2 Å². The maximum Gasteiger partial charge on any atom is 0.322 e. The van der Waals surface area contributed by atoms with Crippen LogP contribution in [0.15, 0.2) is 28.8 Å². The predicted octanol–water partition coefficient (Wildman–Crippen LogP) is 2.11. The van der Waals surface area contributed by atoms with Gasteiger partial charge < -0.3 is 19.4 Å². The molecule has 5 rings (SSSR count). The van der Waals surface area contributed by atoms with Gasteiger partial charge in [-0.05, 0) is 24.6 Å². The number of aryl methyl sites for hydroxylation is 1. The number of aromatic nitrogens is 1. The Kier molecular flexibility index (Phi) is 4.19. The molecule has 2 aliphatic rings. The van der Waals surface area contributed by atoms with Crippen LogP contribution in [0.3, 0.4) is 0 Å². The van der Waals surface area contributed by atoms with Gasteiger partial charge in [0, 0.05) is 6.54 Å². The van der Waals surface area contributed by atoms with Gasteiger partial charge in [-0.1, -0.05) is 6.07 Å². The first-order valence-electron chi connectivity index (χ1n) is 9.58. The average molecular weight is 442 g/mol. The Labute approximate surface area is 179 Å². The molecule has 4 amide bonds. The summed E-state index contributed by atoms with van der Waals surface area (Å²) in [5.74, 6) is -3.10. The summed E-state index contributed by atoms with van der Waals surface area (Å²) in [6.07, 6.45) is 1.02. The van der Waals surface area contributed by atoms with Crippen molar-refractivity contribution in [3.8, 4) is 5.75 Å². The Hall–Kier alpha value is -4.02. The number of carbonyl (C=O) groups is 3. The molecule has 1 saturated heterocycles. The zero-order chi connectivity index (χ0) is 22.8. The smallest absolute Gasteiger partial charge is 0.322 e. The number of hydrogen-bond donors (Lipinski definition) is 2. The first-order valence-corrected chi connectivity index (χ1v) is 9.58. The van der Waals surface area contributed by atoms with Crippen LogP contribution in [0.1, 0.15) is 27.4 Å². The fraction of sp³-hybridized carbons (Fsp3) is 0.238. The fourth-order valence-electron chi connectivity index (χ4n) is 4.15. The van der Waals surface area contributed by atoms with Crippen molar-refractivity contribution < 1.29 is 32.3 Å². The molecule has 0 unspecified atom stereocenters. The highest BCUT2D eigenvalue weighted by Gasteiger charge is 2.53. The van der Waals surface area contributed by atoms with Crippen LogP contribution in [0.4, 0.5) is 13.6 Å². The summed E-state index contributed by atoms with van der Waals surface area (Å²) in [6, 6.07) is 3.45. The molecule has 2 aromatic heterocycles. The minimum Gasteiger partial charge on any atom is -0.494 e. The van der Waals surface area contributed by atoms with Crippen molar-refractivity contribution in [2.24, 2.45) is 0 Å². The Bertz CT molecular complexity index is 1300. The molecule has 32 heavy (non-hydrogen) atoms. The quantitative estimate of drug-likeness (QED) is 0.599. The topological polar surface area (TPSA) is 114 Å². The van der Waals surface area contributed by atoms with Gasteiger partial charge in [-0.15, -0.1) is 0 Å². The SMILES string of the molecule is COc1ccc2c(c1F)C(=O)N(C[C@@]1(c3cc4c(F)cnc(C)c4o3)NC(=O)NC1=O)C2. The molecule has 0 bridgehead atoms. The molecule has 11 heteroatoms. The van der Waals surface area contributed by atoms with Crippen LogP contribution >= 0.6 is 0 Å². The second-order valence-electron chi connectivity index (χ2n) is 7.64. The lowest BCUT2D eigenvalue weighted by atomic mass is 9.95. The zero-order valence-corrected chi connectivity index (χ0v) is 16.9. The lowest BCUT2D eigenvalue weighted by Crippen LogP contribution is -2.52. The van der Waals surface area contributed by atoms with E-state index in [4.69, 9.17) is 9.15 Å². The zero-order valence-electron chi connectivity index (χ0n) is 16.9. The number of rotatable bonds is 4. The van der Waals surface area contributed by atoms with Gasteiger partial charge in [-0.2, -0.15) is 0 Å². The number of carbonyl (C=O) groups excluding carboxylic acids is 3. The molecule has 2 N–H and O–H groups in total. The molecule has 1 fully saturated rings. The summed E-state index contributed by atoms with van der Waals surface area (Å²) < 4.78 is 39.7. The van der Waals surface area contributed by atoms with Crippen molar-refractivity contribution in [3.63, 3.8) is 0 Å². The number of pyridine rings is 1. The van der Waals surface area contributed by atoms with Crippen LogP contribution in [0.2, 0.25) is 0 Å². The number of amides is 4. The summed E-state index contributed by atoms with van der Waals surface area (Å²) >= 11 is 0. The maximum absolute atomic E-state index is 14.7. The van der Waals surface area contributed by atoms with E-state index in [0.717, 1.165) is 6.20 Å². The number of imide groups is 1. The van der Waals surface area contributed by atoms with Crippen LogP contribution in [0.25, 0.3) is 11.0 Å². The number of ether oxygens (including phenoxy) is 1. The fourth-order valence-corrected chi connectivity index (χ4v) is 4.15. The number of fused-ring (bicyclic) bond motifs is 2. The lowest BCUT2D eigenvalue weighted by molar-refractivity contribution is -0.125. The van der Waals surface area contributed by atoms with Crippen molar-refractivity contribution in [2.75, 3.05) is 13.7 Å². The highest BCUT2D eigenvalue weighted by atomic mass is 19.1. The Morgan fingerprint density at radius 3 is 2.72 bits per heavy atom. The maximum atomic E-state index is 14.7. The van der Waals surface area contributed by atoms with E-state index in [2.05, 4.69) is 15.6 Å². The molecule has 0 saturated carbocycles. The van der Waals surface area contributed by atoms with E-state index < -0.39 is 35.0 Å². The number of urea groups is 1. The van der Waals surface area contributed by atoms with E-state index in [1.165, 1.54) is 24.1 Å². The number of furan rings is 1. The minimum absolute atomic E-state index is 0.00481. The van der Waals surface area contributed by atoms with Gasteiger partial charge in [-0.25, -0.2) is 13.6 Å².